The average molecular weight is 361 g/mol. The topological polar surface area (TPSA) is 78.4 Å². The quantitative estimate of drug-likeness (QED) is 0.813. The van der Waals surface area contributed by atoms with Gasteiger partial charge in [0.15, 0.2) is 5.82 Å². The average Bonchev–Trinajstić information content (AvgIpc) is 3.14. The highest BCUT2D eigenvalue weighted by atomic mass is 19.1. The summed E-state index contributed by atoms with van der Waals surface area (Å²) in [6, 6.07) is 7.44. The highest BCUT2D eigenvalue weighted by Crippen LogP contribution is 2.23. The fourth-order valence-corrected chi connectivity index (χ4v) is 2.68. The Morgan fingerprint density at radius 1 is 1.31 bits per heavy atom. The van der Waals surface area contributed by atoms with Gasteiger partial charge in [0.25, 0.3) is 0 Å². The highest BCUT2D eigenvalue weighted by Gasteiger charge is 2.19. The third kappa shape index (κ3) is 4.20. The molecule has 1 fully saturated rings. The number of nitrogens with two attached hydrogens (primary N) is 1. The zero-order valence-corrected chi connectivity index (χ0v) is 14.9. The molecule has 2 N–H and O–H groups in total. The highest BCUT2D eigenvalue weighted by molar-refractivity contribution is 5.58. The van der Waals surface area contributed by atoms with E-state index < -0.39 is 0 Å². The molecule has 26 heavy (non-hydrogen) atoms. The first kappa shape index (κ1) is 18.3. The predicted molar refractivity (Wildman–Crippen MR) is 97.9 cm³/mol. The van der Waals surface area contributed by atoms with E-state index in [9.17, 15) is 4.39 Å². The Morgan fingerprint density at radius 2 is 2.04 bits per heavy atom. The Morgan fingerprint density at radius 3 is 2.65 bits per heavy atom. The van der Waals surface area contributed by atoms with E-state index in [-0.39, 0.29) is 13.2 Å². The van der Waals surface area contributed by atoms with Crippen molar-refractivity contribution in [2.75, 3.05) is 44.4 Å². The Hall–Kier alpha value is -2.45. The first-order chi connectivity index (χ1) is 12.7. The van der Waals surface area contributed by atoms with Crippen molar-refractivity contribution in [1.29, 1.82) is 0 Å². The third-order valence-electron chi connectivity index (χ3n) is 4.20. The Kier molecular flexibility index (Phi) is 6.19. The van der Waals surface area contributed by atoms with Gasteiger partial charge in [-0.1, -0.05) is 0 Å². The number of halogens is 1. The van der Waals surface area contributed by atoms with Crippen LogP contribution < -0.4 is 15.4 Å². The second-order valence-electron chi connectivity index (χ2n) is 5.94. The van der Waals surface area contributed by atoms with Crippen LogP contribution in [0.15, 0.2) is 36.2 Å². The molecule has 1 saturated heterocycles. The van der Waals surface area contributed by atoms with Crippen LogP contribution in [0.2, 0.25) is 0 Å². The lowest BCUT2D eigenvalue weighted by Crippen LogP contribution is -2.38. The Labute approximate surface area is 152 Å². The molecule has 0 unspecified atom stereocenters. The molecule has 0 saturated carbocycles. The van der Waals surface area contributed by atoms with E-state index in [0.717, 1.165) is 31.1 Å². The minimum atomic E-state index is 0.135. The van der Waals surface area contributed by atoms with E-state index in [1.54, 1.807) is 0 Å². The molecule has 0 radical (unpaired) electrons. The van der Waals surface area contributed by atoms with Gasteiger partial charge in [0, 0.05) is 37.3 Å². The molecular formula is C18H24FN5O2. The van der Waals surface area contributed by atoms with Gasteiger partial charge >= 0.3 is 0 Å². The summed E-state index contributed by atoms with van der Waals surface area (Å²) in [4.78, 5) is 6.90. The summed E-state index contributed by atoms with van der Waals surface area (Å²) in [6.45, 7) is 6.11. The van der Waals surface area contributed by atoms with Gasteiger partial charge in [-0.3, -0.25) is 0 Å². The number of rotatable bonds is 7. The smallest absolute Gasteiger partial charge is 0.224 e. The van der Waals surface area contributed by atoms with Gasteiger partial charge in [-0.05, 0) is 31.2 Å². The first-order valence-electron chi connectivity index (χ1n) is 8.74. The van der Waals surface area contributed by atoms with Crippen LogP contribution >= 0.6 is 0 Å². The van der Waals surface area contributed by atoms with Crippen LogP contribution in [-0.4, -0.2) is 54.2 Å². The van der Waals surface area contributed by atoms with Crippen molar-refractivity contribution in [3.63, 3.8) is 0 Å². The summed E-state index contributed by atoms with van der Waals surface area (Å²) in [5.74, 6) is 2.18. The largest absolute Gasteiger partial charge is 0.489 e. The minimum Gasteiger partial charge on any atom is -0.489 e. The molecule has 2 aromatic rings. The van der Waals surface area contributed by atoms with E-state index in [1.165, 1.54) is 0 Å². The number of anilines is 1. The number of morpholine rings is 1. The number of ether oxygens (including phenoxy) is 2. The molecule has 0 amide bonds. The van der Waals surface area contributed by atoms with Gasteiger partial charge in [-0.25, -0.2) is 9.07 Å². The van der Waals surface area contributed by atoms with E-state index in [1.807, 2.05) is 35.9 Å². The zero-order chi connectivity index (χ0) is 18.4. The maximum Gasteiger partial charge on any atom is 0.224 e. The molecule has 1 aromatic heterocycles. The summed E-state index contributed by atoms with van der Waals surface area (Å²) in [5.41, 5.74) is 6.73. The van der Waals surface area contributed by atoms with Crippen molar-refractivity contribution >= 4 is 5.95 Å². The maximum absolute atomic E-state index is 12.5. The van der Waals surface area contributed by atoms with Gasteiger partial charge in [0.2, 0.25) is 5.95 Å². The number of aromatic nitrogens is 3. The molecule has 0 atom stereocenters. The summed E-state index contributed by atoms with van der Waals surface area (Å²) in [6.07, 6.45) is 0.489. The molecule has 3 rings (SSSR count). The Balaban J connectivity index is 1.73. The van der Waals surface area contributed by atoms with Crippen molar-refractivity contribution in [1.82, 2.24) is 14.8 Å². The molecule has 7 nitrogen and oxygen atoms in total. The standard InChI is InChI=1S/C18H24FN5O2/c1-2-24-18(23-7-9-25-10-8-23)21-17(22-24)15-3-5-16(6-4-15)26-13-14(11-19)12-20/h3-6,11H,2,7-10,12-13,20H2,1H3/b14-11+. The maximum atomic E-state index is 12.5. The van der Waals surface area contributed by atoms with E-state index in [4.69, 9.17) is 20.2 Å². The van der Waals surface area contributed by atoms with Gasteiger partial charge in [0.1, 0.15) is 12.4 Å². The predicted octanol–water partition coefficient (Wildman–Crippen LogP) is 1.99. The summed E-state index contributed by atoms with van der Waals surface area (Å²) in [7, 11) is 0. The van der Waals surface area contributed by atoms with Gasteiger partial charge in [0.05, 0.1) is 19.5 Å². The Bertz CT molecular complexity index is 739. The fourth-order valence-electron chi connectivity index (χ4n) is 2.68. The van der Waals surface area contributed by atoms with E-state index in [0.29, 0.717) is 36.7 Å². The van der Waals surface area contributed by atoms with Crippen molar-refractivity contribution in [2.24, 2.45) is 5.73 Å². The number of hydrogen-bond acceptors (Lipinski definition) is 6. The van der Waals surface area contributed by atoms with Crippen LogP contribution in [0.1, 0.15) is 6.92 Å². The molecule has 1 aromatic carbocycles. The normalized spacial score (nSPS) is 15.3. The second kappa shape index (κ2) is 8.77. The van der Waals surface area contributed by atoms with Crippen molar-refractivity contribution < 1.29 is 13.9 Å². The van der Waals surface area contributed by atoms with Crippen LogP contribution in [-0.2, 0) is 11.3 Å². The second-order valence-corrected chi connectivity index (χ2v) is 5.94. The van der Waals surface area contributed by atoms with Crippen LogP contribution in [0.4, 0.5) is 10.3 Å². The van der Waals surface area contributed by atoms with Crippen molar-refractivity contribution in [2.45, 2.75) is 13.5 Å². The third-order valence-corrected chi connectivity index (χ3v) is 4.20. The number of benzene rings is 1. The van der Waals surface area contributed by atoms with E-state index in [2.05, 4.69) is 10.00 Å². The SMILES string of the molecule is CCn1nc(-c2ccc(OC/C(=C/F)CN)cc2)nc1N1CCOCC1. The van der Waals surface area contributed by atoms with Crippen LogP contribution in [0.5, 0.6) is 5.75 Å². The fraction of sp³-hybridized carbons (Fsp3) is 0.444. The van der Waals surface area contributed by atoms with Crippen molar-refractivity contribution in [3.05, 3.63) is 36.2 Å². The zero-order valence-electron chi connectivity index (χ0n) is 14.9. The lowest BCUT2D eigenvalue weighted by molar-refractivity contribution is 0.121. The number of nitrogens with zero attached hydrogens (tertiary/aromatic N) is 4. The number of aryl methyl sites for hydroxylation is 1. The molecule has 0 bridgehead atoms. The summed E-state index contributed by atoms with van der Waals surface area (Å²) in [5, 5.41) is 4.61. The molecular weight excluding hydrogens is 337 g/mol. The molecule has 8 heteroatoms. The molecule has 140 valence electrons. The van der Waals surface area contributed by atoms with Crippen LogP contribution in [0.25, 0.3) is 11.4 Å². The monoisotopic (exact) mass is 361 g/mol. The summed E-state index contributed by atoms with van der Waals surface area (Å²) < 4.78 is 25.4. The number of hydrogen-bond donors (Lipinski definition) is 1. The first-order valence-corrected chi connectivity index (χ1v) is 8.74. The van der Waals surface area contributed by atoms with Gasteiger partial charge < -0.3 is 20.1 Å². The lowest BCUT2D eigenvalue weighted by Gasteiger charge is -2.27. The van der Waals surface area contributed by atoms with Gasteiger partial charge in [-0.2, -0.15) is 4.98 Å². The van der Waals surface area contributed by atoms with Crippen molar-refractivity contribution in [3.8, 4) is 17.1 Å². The molecule has 2 heterocycles. The van der Waals surface area contributed by atoms with E-state index >= 15 is 0 Å². The molecule has 1 aliphatic rings. The summed E-state index contributed by atoms with van der Waals surface area (Å²) >= 11 is 0. The molecule has 0 aliphatic carbocycles. The minimum absolute atomic E-state index is 0.135. The lowest BCUT2D eigenvalue weighted by atomic mass is 10.2. The van der Waals surface area contributed by atoms with Crippen LogP contribution in [0, 0.1) is 0 Å². The molecule has 0 spiro atoms. The van der Waals surface area contributed by atoms with Gasteiger partial charge in [-0.15, -0.1) is 5.10 Å². The van der Waals surface area contributed by atoms with Crippen LogP contribution in [0.3, 0.4) is 0 Å². The molecule has 1 aliphatic heterocycles.